The highest BCUT2D eigenvalue weighted by Crippen LogP contribution is 2.30. The van der Waals surface area contributed by atoms with Gasteiger partial charge < -0.3 is 5.11 Å². The van der Waals surface area contributed by atoms with E-state index in [0.29, 0.717) is 4.90 Å². The number of benzene rings is 1. The number of aromatic hydroxyl groups is 1. The van der Waals surface area contributed by atoms with Crippen LogP contribution in [0.3, 0.4) is 0 Å². The molecule has 0 bridgehead atoms. The normalized spacial score (nSPS) is 12.1. The number of rotatable bonds is 3. The van der Waals surface area contributed by atoms with Crippen LogP contribution in [0.5, 0.6) is 5.75 Å². The summed E-state index contributed by atoms with van der Waals surface area (Å²) in [6.07, 6.45) is 0. The summed E-state index contributed by atoms with van der Waals surface area (Å²) in [5.41, 5.74) is 2.06. The van der Waals surface area contributed by atoms with Gasteiger partial charge in [-0.05, 0) is 19.1 Å². The molecule has 0 aliphatic heterocycles. The zero-order valence-electron chi connectivity index (χ0n) is 7.73. The molecule has 0 spiro atoms. The minimum absolute atomic E-state index is 0.175. The Labute approximate surface area is 86.5 Å². The van der Waals surface area contributed by atoms with Crippen molar-refractivity contribution in [3.8, 4) is 5.75 Å². The van der Waals surface area contributed by atoms with Crippen LogP contribution in [0, 0.1) is 0 Å². The molecule has 0 heterocycles. The molecule has 1 amide bonds. The first-order valence-electron chi connectivity index (χ1n) is 4.10. The van der Waals surface area contributed by atoms with Crippen molar-refractivity contribution >= 4 is 17.7 Å². The Hall–Kier alpha value is -1.20. The third-order valence-corrected chi connectivity index (χ3v) is 2.85. The lowest BCUT2D eigenvalue weighted by Gasteiger charge is -2.09. The molecule has 0 saturated carbocycles. The maximum absolute atomic E-state index is 11.1. The number of carbonyl (C=O) groups is 1. The molecule has 76 valence electrons. The molecule has 4 nitrogen and oxygen atoms in total. The number of hydrogen-bond acceptors (Lipinski definition) is 4. The van der Waals surface area contributed by atoms with Gasteiger partial charge in [-0.25, -0.2) is 5.84 Å². The van der Waals surface area contributed by atoms with Crippen LogP contribution in [0.2, 0.25) is 0 Å². The molecule has 0 fully saturated rings. The topological polar surface area (TPSA) is 75.3 Å². The zero-order valence-corrected chi connectivity index (χ0v) is 8.54. The molecule has 1 aromatic rings. The van der Waals surface area contributed by atoms with Gasteiger partial charge in [0.2, 0.25) is 5.91 Å². The van der Waals surface area contributed by atoms with Gasteiger partial charge in [-0.2, -0.15) is 0 Å². The quantitative estimate of drug-likeness (QED) is 0.301. The van der Waals surface area contributed by atoms with Crippen LogP contribution in [0.4, 0.5) is 0 Å². The van der Waals surface area contributed by atoms with Crippen molar-refractivity contribution in [2.45, 2.75) is 17.1 Å². The van der Waals surface area contributed by atoms with E-state index < -0.39 is 0 Å². The van der Waals surface area contributed by atoms with Crippen LogP contribution < -0.4 is 11.3 Å². The molecule has 1 atom stereocenters. The van der Waals surface area contributed by atoms with E-state index in [1.54, 1.807) is 31.2 Å². The van der Waals surface area contributed by atoms with Crippen molar-refractivity contribution < 1.29 is 9.90 Å². The fourth-order valence-corrected chi connectivity index (χ4v) is 1.82. The highest BCUT2D eigenvalue weighted by molar-refractivity contribution is 8.00. The van der Waals surface area contributed by atoms with E-state index >= 15 is 0 Å². The van der Waals surface area contributed by atoms with Crippen molar-refractivity contribution in [3.05, 3.63) is 24.3 Å². The number of nitrogens with one attached hydrogen (secondary N) is 1. The lowest BCUT2D eigenvalue weighted by molar-refractivity contribution is -0.120. The second-order valence-electron chi connectivity index (χ2n) is 2.74. The molecule has 0 saturated heterocycles. The Balaban J connectivity index is 2.69. The third-order valence-electron chi connectivity index (χ3n) is 1.68. The smallest absolute Gasteiger partial charge is 0.247 e. The number of phenols is 1. The van der Waals surface area contributed by atoms with Crippen LogP contribution in [0.15, 0.2) is 29.2 Å². The first-order valence-corrected chi connectivity index (χ1v) is 4.98. The van der Waals surface area contributed by atoms with Crippen molar-refractivity contribution in [2.24, 2.45) is 5.84 Å². The van der Waals surface area contributed by atoms with E-state index in [2.05, 4.69) is 5.43 Å². The molecule has 4 N–H and O–H groups in total. The largest absolute Gasteiger partial charge is 0.507 e. The van der Waals surface area contributed by atoms with Crippen molar-refractivity contribution in [3.63, 3.8) is 0 Å². The Morgan fingerprint density at radius 1 is 1.57 bits per heavy atom. The van der Waals surface area contributed by atoms with E-state index in [-0.39, 0.29) is 16.9 Å². The maximum Gasteiger partial charge on any atom is 0.247 e. The number of hydrazine groups is 1. The van der Waals surface area contributed by atoms with Crippen LogP contribution >= 0.6 is 11.8 Å². The predicted molar refractivity (Wildman–Crippen MR) is 55.8 cm³/mol. The van der Waals surface area contributed by atoms with E-state index in [9.17, 15) is 9.90 Å². The lowest BCUT2D eigenvalue weighted by atomic mass is 10.3. The number of hydrogen-bond donors (Lipinski definition) is 3. The number of carbonyl (C=O) groups excluding carboxylic acids is 1. The average Bonchev–Trinajstić information content (AvgIpc) is 2.20. The monoisotopic (exact) mass is 212 g/mol. The number of para-hydroxylation sites is 1. The summed E-state index contributed by atoms with van der Waals surface area (Å²) in [7, 11) is 0. The molecule has 5 heteroatoms. The minimum atomic E-state index is -0.326. The molecule has 1 unspecified atom stereocenters. The summed E-state index contributed by atoms with van der Waals surface area (Å²) in [6.45, 7) is 1.72. The third kappa shape index (κ3) is 2.65. The van der Waals surface area contributed by atoms with Gasteiger partial charge in [-0.15, -0.1) is 11.8 Å². The second-order valence-corrected chi connectivity index (χ2v) is 4.12. The van der Waals surface area contributed by atoms with Gasteiger partial charge in [0.1, 0.15) is 5.75 Å². The molecule has 0 aromatic heterocycles. The van der Waals surface area contributed by atoms with Gasteiger partial charge in [0.05, 0.1) is 5.25 Å². The fourth-order valence-electron chi connectivity index (χ4n) is 0.918. The molecule has 0 aliphatic rings. The van der Waals surface area contributed by atoms with Gasteiger partial charge in [-0.3, -0.25) is 10.2 Å². The van der Waals surface area contributed by atoms with Crippen molar-refractivity contribution in [1.29, 1.82) is 0 Å². The van der Waals surface area contributed by atoms with Crippen LogP contribution in [-0.4, -0.2) is 16.3 Å². The molecule has 0 radical (unpaired) electrons. The van der Waals surface area contributed by atoms with Gasteiger partial charge in [0.25, 0.3) is 0 Å². The number of phenolic OH excluding ortho intramolecular Hbond substituents is 1. The van der Waals surface area contributed by atoms with Crippen molar-refractivity contribution in [1.82, 2.24) is 5.43 Å². The van der Waals surface area contributed by atoms with Gasteiger partial charge in [0, 0.05) is 4.90 Å². The summed E-state index contributed by atoms with van der Waals surface area (Å²) in [5.74, 6) is 4.90. The Morgan fingerprint density at radius 3 is 2.79 bits per heavy atom. The molecule has 0 aliphatic carbocycles. The van der Waals surface area contributed by atoms with Gasteiger partial charge in [0.15, 0.2) is 0 Å². The molecular formula is C9H12N2O2S. The Bertz CT molecular complexity index is 330. The Morgan fingerprint density at radius 2 is 2.21 bits per heavy atom. The van der Waals surface area contributed by atoms with Crippen LogP contribution in [-0.2, 0) is 4.79 Å². The van der Waals surface area contributed by atoms with Crippen molar-refractivity contribution in [2.75, 3.05) is 0 Å². The predicted octanol–water partition coefficient (Wildman–Crippen LogP) is 0.863. The SMILES string of the molecule is CC(Sc1ccccc1O)C(=O)NN. The Kier molecular flexibility index (Phi) is 3.79. The van der Waals surface area contributed by atoms with Gasteiger partial charge >= 0.3 is 0 Å². The van der Waals surface area contributed by atoms with E-state index in [1.807, 2.05) is 0 Å². The summed E-state index contributed by atoms with van der Waals surface area (Å²) < 4.78 is 0. The number of thioether (sulfide) groups is 1. The van der Waals surface area contributed by atoms with Gasteiger partial charge in [-0.1, -0.05) is 12.1 Å². The van der Waals surface area contributed by atoms with E-state index in [0.717, 1.165) is 0 Å². The fraction of sp³-hybridized carbons (Fsp3) is 0.222. The first kappa shape index (κ1) is 10.9. The van der Waals surface area contributed by atoms with Crippen LogP contribution in [0.1, 0.15) is 6.92 Å². The van der Waals surface area contributed by atoms with Crippen LogP contribution in [0.25, 0.3) is 0 Å². The molecular weight excluding hydrogens is 200 g/mol. The second kappa shape index (κ2) is 4.88. The highest BCUT2D eigenvalue weighted by Gasteiger charge is 2.14. The summed E-state index contributed by atoms with van der Waals surface area (Å²) in [4.78, 5) is 11.8. The van der Waals surface area contributed by atoms with E-state index in [4.69, 9.17) is 5.84 Å². The average molecular weight is 212 g/mol. The summed E-state index contributed by atoms with van der Waals surface area (Å²) in [5, 5.41) is 9.10. The zero-order chi connectivity index (χ0) is 10.6. The summed E-state index contributed by atoms with van der Waals surface area (Å²) in [6, 6.07) is 6.86. The molecule has 1 aromatic carbocycles. The number of amides is 1. The first-order chi connectivity index (χ1) is 6.65. The highest BCUT2D eigenvalue weighted by atomic mass is 32.2. The van der Waals surface area contributed by atoms with E-state index in [1.165, 1.54) is 11.8 Å². The maximum atomic E-state index is 11.1. The minimum Gasteiger partial charge on any atom is -0.507 e. The summed E-state index contributed by atoms with van der Waals surface area (Å²) >= 11 is 1.26. The lowest BCUT2D eigenvalue weighted by Crippen LogP contribution is -2.36. The molecule has 1 rings (SSSR count). The standard InChI is InChI=1S/C9H12N2O2S/c1-6(9(13)11-10)14-8-5-3-2-4-7(8)12/h2-6,12H,10H2,1H3,(H,11,13). The molecule has 14 heavy (non-hydrogen) atoms. The number of nitrogens with two attached hydrogens (primary N) is 1.